The third-order valence-electron chi connectivity index (χ3n) is 3.18. The second kappa shape index (κ2) is 4.27. The van der Waals surface area contributed by atoms with Gasteiger partial charge in [0.2, 0.25) is 9.84 Å². The van der Waals surface area contributed by atoms with Gasteiger partial charge in [-0.1, -0.05) is 12.1 Å². The minimum absolute atomic E-state index is 0.339. The van der Waals surface area contributed by atoms with Crippen LogP contribution in [0.25, 0.3) is 6.08 Å². The molecule has 1 N–H and O–H groups in total. The van der Waals surface area contributed by atoms with E-state index < -0.39 is 9.84 Å². The summed E-state index contributed by atoms with van der Waals surface area (Å²) >= 11 is 0. The summed E-state index contributed by atoms with van der Waals surface area (Å²) in [6.45, 7) is 3.72. The second-order valence-electron chi connectivity index (χ2n) is 4.52. The molecule has 1 aromatic carbocycles. The molecule has 1 aromatic rings. The van der Waals surface area contributed by atoms with Gasteiger partial charge < -0.3 is 5.32 Å². The molecule has 0 fully saturated rings. The van der Waals surface area contributed by atoms with Gasteiger partial charge >= 0.3 is 0 Å². The van der Waals surface area contributed by atoms with Crippen LogP contribution in [-0.2, 0) is 16.3 Å². The predicted molar refractivity (Wildman–Crippen MR) is 69.5 cm³/mol. The first-order valence-electron chi connectivity index (χ1n) is 5.68. The molecule has 92 valence electrons. The normalized spacial score (nSPS) is 18.6. The quantitative estimate of drug-likeness (QED) is 0.893. The van der Waals surface area contributed by atoms with Crippen LogP contribution in [0.2, 0.25) is 0 Å². The van der Waals surface area contributed by atoms with Gasteiger partial charge in [0, 0.05) is 10.9 Å². The molecule has 0 amide bonds. The van der Waals surface area contributed by atoms with Gasteiger partial charge in [-0.3, -0.25) is 0 Å². The minimum atomic E-state index is -3.21. The van der Waals surface area contributed by atoms with Crippen molar-refractivity contribution in [1.82, 2.24) is 5.32 Å². The number of sulfone groups is 1. The monoisotopic (exact) mass is 251 g/mol. The Balaban J connectivity index is 2.39. The smallest absolute Gasteiger partial charge is 0.203 e. The van der Waals surface area contributed by atoms with Crippen LogP contribution in [0.5, 0.6) is 0 Å². The van der Waals surface area contributed by atoms with E-state index >= 15 is 0 Å². The highest BCUT2D eigenvalue weighted by Gasteiger charge is 2.26. The number of likely N-dealkylation sites (N-methyl/N-ethyl adjacent to an activating group) is 1. The van der Waals surface area contributed by atoms with Crippen LogP contribution in [0.15, 0.2) is 28.0 Å². The molecule has 1 unspecified atom stereocenters. The zero-order chi connectivity index (χ0) is 12.6. The largest absolute Gasteiger partial charge is 0.317 e. The Hall–Kier alpha value is -1.13. The fraction of sp³-hybridized carbons (Fsp3) is 0.385. The lowest BCUT2D eigenvalue weighted by molar-refractivity contribution is 0.600. The van der Waals surface area contributed by atoms with Gasteiger partial charge in [-0.15, -0.1) is 0 Å². The summed E-state index contributed by atoms with van der Waals surface area (Å²) in [6.07, 6.45) is 2.56. The molecule has 1 aliphatic heterocycles. The van der Waals surface area contributed by atoms with Gasteiger partial charge in [0.1, 0.15) is 0 Å². The fourth-order valence-corrected chi connectivity index (χ4v) is 3.36. The summed E-state index contributed by atoms with van der Waals surface area (Å²) in [5, 5.41) is 3.15. The van der Waals surface area contributed by atoms with Crippen molar-refractivity contribution in [3.63, 3.8) is 0 Å². The zero-order valence-corrected chi connectivity index (χ0v) is 11.1. The van der Waals surface area contributed by atoms with Gasteiger partial charge in [0.15, 0.2) is 0 Å². The van der Waals surface area contributed by atoms with Crippen molar-refractivity contribution in [3.8, 4) is 0 Å². The Kier molecular flexibility index (Phi) is 3.10. The minimum Gasteiger partial charge on any atom is -0.317 e. The van der Waals surface area contributed by atoms with Crippen molar-refractivity contribution in [2.45, 2.75) is 31.2 Å². The molecule has 0 saturated heterocycles. The lowest BCUT2D eigenvalue weighted by Gasteiger charge is -2.11. The number of rotatable bonds is 3. The summed E-state index contributed by atoms with van der Waals surface area (Å²) in [5.74, 6) is 0. The number of fused-ring (bicyclic) bond motifs is 1. The van der Waals surface area contributed by atoms with Crippen LogP contribution in [-0.4, -0.2) is 21.5 Å². The molecule has 1 atom stereocenters. The summed E-state index contributed by atoms with van der Waals surface area (Å²) in [5.41, 5.74) is 1.86. The highest BCUT2D eigenvalue weighted by Crippen LogP contribution is 2.33. The molecule has 1 heterocycles. The lowest BCUT2D eigenvalue weighted by atomic mass is 10.1. The Bertz CT molecular complexity index is 573. The van der Waals surface area contributed by atoms with E-state index in [4.69, 9.17) is 0 Å². The van der Waals surface area contributed by atoms with Crippen LogP contribution in [0, 0.1) is 0 Å². The van der Waals surface area contributed by atoms with E-state index in [2.05, 4.69) is 12.2 Å². The molecule has 2 rings (SSSR count). The Labute approximate surface area is 102 Å². The third-order valence-corrected chi connectivity index (χ3v) is 5.08. The first-order valence-corrected chi connectivity index (χ1v) is 7.17. The van der Waals surface area contributed by atoms with E-state index in [1.165, 1.54) is 0 Å². The van der Waals surface area contributed by atoms with Crippen LogP contribution in [0.1, 0.15) is 25.0 Å². The standard InChI is InChI=1S/C13H17NO2S/c1-9(14-3)6-11-4-5-12-7-10(2)17(15,16)13(12)8-11/h4-5,7-9,14H,6H2,1-3H3. The summed E-state index contributed by atoms with van der Waals surface area (Å²) in [7, 11) is -1.31. The van der Waals surface area contributed by atoms with Crippen LogP contribution in [0.4, 0.5) is 0 Å². The second-order valence-corrected chi connectivity index (χ2v) is 6.62. The molecule has 1 aliphatic rings. The van der Waals surface area contributed by atoms with Gasteiger partial charge in [-0.05, 0) is 50.6 Å². The zero-order valence-electron chi connectivity index (χ0n) is 10.3. The van der Waals surface area contributed by atoms with Gasteiger partial charge in [-0.25, -0.2) is 8.42 Å². The summed E-state index contributed by atoms with van der Waals surface area (Å²) in [4.78, 5) is 0.891. The predicted octanol–water partition coefficient (Wildman–Crippen LogP) is 1.99. The molecule has 0 bridgehead atoms. The number of hydrogen-bond donors (Lipinski definition) is 1. The lowest BCUT2D eigenvalue weighted by Crippen LogP contribution is -2.23. The average molecular weight is 251 g/mol. The Morgan fingerprint density at radius 1 is 1.35 bits per heavy atom. The number of hydrogen-bond acceptors (Lipinski definition) is 3. The number of allylic oxidation sites excluding steroid dienone is 1. The molecule has 0 saturated carbocycles. The van der Waals surface area contributed by atoms with E-state index in [9.17, 15) is 8.42 Å². The molecular weight excluding hydrogens is 234 g/mol. The summed E-state index contributed by atoms with van der Waals surface area (Å²) in [6, 6.07) is 6.02. The van der Waals surface area contributed by atoms with Crippen LogP contribution in [0.3, 0.4) is 0 Å². The molecule has 0 radical (unpaired) electrons. The van der Waals surface area contributed by atoms with Gasteiger partial charge in [0.25, 0.3) is 0 Å². The van der Waals surface area contributed by atoms with Gasteiger partial charge in [-0.2, -0.15) is 0 Å². The van der Waals surface area contributed by atoms with Crippen molar-refractivity contribution >= 4 is 15.9 Å². The van der Waals surface area contributed by atoms with Crippen molar-refractivity contribution in [1.29, 1.82) is 0 Å². The van der Waals surface area contributed by atoms with E-state index in [1.807, 2.05) is 19.2 Å². The first kappa shape index (κ1) is 12.3. The van der Waals surface area contributed by atoms with Crippen molar-refractivity contribution < 1.29 is 8.42 Å². The first-order chi connectivity index (χ1) is 7.95. The van der Waals surface area contributed by atoms with E-state index in [-0.39, 0.29) is 0 Å². The maximum absolute atomic E-state index is 12.0. The molecule has 4 heteroatoms. The van der Waals surface area contributed by atoms with Crippen molar-refractivity contribution in [3.05, 3.63) is 34.2 Å². The highest BCUT2D eigenvalue weighted by atomic mass is 32.2. The number of nitrogens with one attached hydrogen (secondary N) is 1. The molecule has 17 heavy (non-hydrogen) atoms. The van der Waals surface area contributed by atoms with Crippen molar-refractivity contribution in [2.75, 3.05) is 7.05 Å². The Morgan fingerprint density at radius 3 is 2.71 bits per heavy atom. The SMILES string of the molecule is CNC(C)Cc1ccc2c(c1)S(=O)(=O)C(C)=C2. The van der Waals surface area contributed by atoms with E-state index in [1.54, 1.807) is 19.1 Å². The number of benzene rings is 1. The fourth-order valence-electron chi connectivity index (χ4n) is 1.98. The maximum atomic E-state index is 12.0. The van der Waals surface area contributed by atoms with E-state index in [0.29, 0.717) is 15.8 Å². The molecule has 3 nitrogen and oxygen atoms in total. The molecule has 0 spiro atoms. The Morgan fingerprint density at radius 2 is 2.06 bits per heavy atom. The van der Waals surface area contributed by atoms with Crippen LogP contribution >= 0.6 is 0 Å². The molecular formula is C13H17NO2S. The topological polar surface area (TPSA) is 46.2 Å². The molecule has 0 aromatic heterocycles. The molecule has 0 aliphatic carbocycles. The third kappa shape index (κ3) is 2.15. The van der Waals surface area contributed by atoms with Crippen molar-refractivity contribution in [2.24, 2.45) is 0 Å². The highest BCUT2D eigenvalue weighted by molar-refractivity contribution is 7.95. The van der Waals surface area contributed by atoms with Gasteiger partial charge in [0.05, 0.1) is 4.90 Å². The van der Waals surface area contributed by atoms with E-state index in [0.717, 1.165) is 17.5 Å². The van der Waals surface area contributed by atoms with Crippen LogP contribution < -0.4 is 5.32 Å². The maximum Gasteiger partial charge on any atom is 0.203 e. The average Bonchev–Trinajstić information content (AvgIpc) is 2.51. The summed E-state index contributed by atoms with van der Waals surface area (Å²) < 4.78 is 24.0.